The van der Waals surface area contributed by atoms with Gasteiger partial charge in [-0.3, -0.25) is 14.4 Å². The van der Waals surface area contributed by atoms with E-state index in [1.807, 2.05) is 49.4 Å². The Bertz CT molecular complexity index is 1270. The maximum Gasteiger partial charge on any atom is 0.331 e. The number of ketones is 1. The third kappa shape index (κ3) is 6.71. The van der Waals surface area contributed by atoms with Crippen LogP contribution in [-0.4, -0.2) is 42.0 Å². The van der Waals surface area contributed by atoms with Crippen molar-refractivity contribution in [2.45, 2.75) is 78.9 Å². The van der Waals surface area contributed by atoms with Gasteiger partial charge in [-0.15, -0.1) is 0 Å². The molecule has 3 aliphatic carbocycles. The van der Waals surface area contributed by atoms with Crippen LogP contribution in [0.4, 0.5) is 0 Å². The van der Waals surface area contributed by atoms with Gasteiger partial charge in [-0.05, 0) is 72.1 Å². The van der Waals surface area contributed by atoms with Gasteiger partial charge in [-0.25, -0.2) is 4.79 Å². The topological polar surface area (TPSA) is 96.0 Å². The van der Waals surface area contributed by atoms with Crippen LogP contribution in [0.1, 0.15) is 72.8 Å². The highest BCUT2D eigenvalue weighted by Gasteiger charge is 2.61. The third-order valence-corrected chi connectivity index (χ3v) is 9.07. The van der Waals surface area contributed by atoms with Gasteiger partial charge >= 0.3 is 17.9 Å². The normalized spacial score (nSPS) is 33.5. The van der Waals surface area contributed by atoms with E-state index in [0.717, 1.165) is 24.0 Å². The summed E-state index contributed by atoms with van der Waals surface area (Å²) in [4.78, 5) is 51.6. The molecule has 1 aromatic carbocycles. The average molecular weight is 563 g/mol. The van der Waals surface area contributed by atoms with E-state index < -0.39 is 35.5 Å². The van der Waals surface area contributed by atoms with Gasteiger partial charge < -0.3 is 14.2 Å². The van der Waals surface area contributed by atoms with Gasteiger partial charge in [-0.2, -0.15) is 0 Å². The lowest BCUT2D eigenvalue weighted by Gasteiger charge is -2.34. The van der Waals surface area contributed by atoms with Crippen molar-refractivity contribution in [1.29, 1.82) is 0 Å². The van der Waals surface area contributed by atoms with E-state index in [-0.39, 0.29) is 36.1 Å². The van der Waals surface area contributed by atoms with Crippen molar-refractivity contribution in [1.82, 2.24) is 0 Å². The third-order valence-electron chi connectivity index (χ3n) is 9.07. The Morgan fingerprint density at radius 2 is 1.73 bits per heavy atom. The van der Waals surface area contributed by atoms with Crippen LogP contribution in [0.5, 0.6) is 0 Å². The number of carbonyl (C=O) groups excluding carboxylic acids is 4. The molecule has 0 N–H and O–H groups in total. The molecule has 7 heteroatoms. The molecule has 0 amide bonds. The van der Waals surface area contributed by atoms with Crippen LogP contribution in [0.25, 0.3) is 6.08 Å². The highest BCUT2D eigenvalue weighted by atomic mass is 16.6. The van der Waals surface area contributed by atoms with Gasteiger partial charge in [-0.1, -0.05) is 63.3 Å². The molecule has 2 fully saturated rings. The number of ether oxygens (including phenoxy) is 3. The SMILES string of the molecule is CC(=O)OC/C1=C\[C@H]2[C@@H](OC(=O)/C=C/c3ccccc3)[C@@H](C)C[C@]2(OC(C)=O)C(=O)/C(C)=C/[C@@H]2[C@H](CCC1)C2(C)C. The zero-order valence-electron chi connectivity index (χ0n) is 25.0. The standard InChI is InChI=1S/C34H42O7/c1-21-17-28-27(33(28,5)6)14-10-13-26(20-39-23(3)35)18-29-31(22(2)19-34(29,32(21)38)41-24(4)36)40-30(37)16-15-25-11-8-7-9-12-25/h7-9,11-12,15-18,22,27-29,31H,10,13-14,19-20H2,1-6H3/b16-15+,21-17+,26-18-/t22-,27-,28+,29-,31-,34+/m0/s1. The Kier molecular flexibility index (Phi) is 9.05. The quantitative estimate of drug-likeness (QED) is 0.181. The molecule has 6 atom stereocenters. The van der Waals surface area contributed by atoms with E-state index in [9.17, 15) is 19.2 Å². The average Bonchev–Trinajstić information content (AvgIpc) is 3.31. The highest BCUT2D eigenvalue weighted by molar-refractivity contribution is 6.03. The van der Waals surface area contributed by atoms with Crippen LogP contribution in [0.15, 0.2) is 59.7 Å². The fourth-order valence-corrected chi connectivity index (χ4v) is 6.88. The molecule has 0 saturated heterocycles. The molecule has 0 bridgehead atoms. The minimum Gasteiger partial charge on any atom is -0.461 e. The second kappa shape index (κ2) is 12.2. The number of fused-ring (bicyclic) bond motifs is 2. The maximum absolute atomic E-state index is 14.3. The molecule has 0 spiro atoms. The number of carbonyl (C=O) groups is 4. The number of hydrogen-bond donors (Lipinski definition) is 0. The first-order valence-electron chi connectivity index (χ1n) is 14.5. The molecule has 0 aromatic heterocycles. The Labute approximate surface area is 243 Å². The second-order valence-electron chi connectivity index (χ2n) is 12.5. The fraction of sp³-hybridized carbons (Fsp3) is 0.529. The maximum atomic E-state index is 14.3. The van der Waals surface area contributed by atoms with Gasteiger partial charge in [0.1, 0.15) is 12.7 Å². The van der Waals surface area contributed by atoms with Crippen molar-refractivity contribution in [2.24, 2.45) is 29.1 Å². The number of esters is 3. The minimum atomic E-state index is -1.55. The molecular weight excluding hydrogens is 520 g/mol. The van der Waals surface area contributed by atoms with Crippen LogP contribution in [0.2, 0.25) is 0 Å². The van der Waals surface area contributed by atoms with Gasteiger partial charge in [0.15, 0.2) is 5.60 Å². The summed E-state index contributed by atoms with van der Waals surface area (Å²) in [7, 11) is 0. The van der Waals surface area contributed by atoms with Crippen molar-refractivity contribution >= 4 is 29.8 Å². The van der Waals surface area contributed by atoms with Gasteiger partial charge in [0.05, 0.1) is 5.92 Å². The molecule has 7 nitrogen and oxygen atoms in total. The van der Waals surface area contributed by atoms with E-state index in [2.05, 4.69) is 13.8 Å². The van der Waals surface area contributed by atoms with Crippen molar-refractivity contribution in [3.63, 3.8) is 0 Å². The first kappa shape index (κ1) is 30.5. The Hall–Kier alpha value is -3.48. The number of Topliss-reactive ketones (excluding diaryl/α,β-unsaturated/α-hetero) is 1. The zero-order valence-corrected chi connectivity index (χ0v) is 25.0. The predicted molar refractivity (Wildman–Crippen MR) is 155 cm³/mol. The molecule has 220 valence electrons. The molecule has 0 radical (unpaired) electrons. The minimum absolute atomic E-state index is 0.0610. The summed E-state index contributed by atoms with van der Waals surface area (Å²) < 4.78 is 17.4. The summed E-state index contributed by atoms with van der Waals surface area (Å²) in [5, 5.41) is 0. The van der Waals surface area contributed by atoms with E-state index in [0.29, 0.717) is 17.9 Å². The monoisotopic (exact) mass is 562 g/mol. The summed E-state index contributed by atoms with van der Waals surface area (Å²) in [5.41, 5.74) is 0.743. The van der Waals surface area contributed by atoms with Gasteiger partial charge in [0.2, 0.25) is 5.78 Å². The fourth-order valence-electron chi connectivity index (χ4n) is 6.88. The molecule has 4 rings (SSSR count). The van der Waals surface area contributed by atoms with E-state index in [1.165, 1.54) is 19.9 Å². The molecule has 0 heterocycles. The second-order valence-corrected chi connectivity index (χ2v) is 12.5. The van der Waals surface area contributed by atoms with Crippen LogP contribution in [0.3, 0.4) is 0 Å². The van der Waals surface area contributed by atoms with E-state index in [1.54, 1.807) is 13.0 Å². The van der Waals surface area contributed by atoms with Crippen LogP contribution < -0.4 is 0 Å². The lowest BCUT2D eigenvalue weighted by molar-refractivity contribution is -0.169. The number of allylic oxidation sites excluding steroid dienone is 1. The molecule has 0 unspecified atom stereocenters. The van der Waals surface area contributed by atoms with Crippen molar-refractivity contribution in [3.05, 3.63) is 65.3 Å². The summed E-state index contributed by atoms with van der Waals surface area (Å²) in [6, 6.07) is 9.41. The lowest BCUT2D eigenvalue weighted by atomic mass is 9.80. The van der Waals surface area contributed by atoms with Gasteiger partial charge in [0.25, 0.3) is 0 Å². The summed E-state index contributed by atoms with van der Waals surface area (Å²) >= 11 is 0. The lowest BCUT2D eigenvalue weighted by Crippen LogP contribution is -2.48. The first-order chi connectivity index (χ1) is 19.3. The van der Waals surface area contributed by atoms with Crippen LogP contribution >= 0.6 is 0 Å². The van der Waals surface area contributed by atoms with Gasteiger partial charge in [0, 0.05) is 26.3 Å². The Balaban J connectivity index is 1.76. The molecule has 3 aliphatic rings. The molecule has 0 aliphatic heterocycles. The number of hydrogen-bond acceptors (Lipinski definition) is 7. The zero-order chi connectivity index (χ0) is 29.9. The largest absolute Gasteiger partial charge is 0.461 e. The van der Waals surface area contributed by atoms with Crippen LogP contribution in [0, 0.1) is 29.1 Å². The summed E-state index contributed by atoms with van der Waals surface area (Å²) in [6.07, 6.45) is 8.95. The Morgan fingerprint density at radius 3 is 2.39 bits per heavy atom. The molecule has 1 aromatic rings. The van der Waals surface area contributed by atoms with Crippen molar-refractivity contribution < 1.29 is 33.4 Å². The van der Waals surface area contributed by atoms with Crippen molar-refractivity contribution in [2.75, 3.05) is 6.61 Å². The first-order valence-corrected chi connectivity index (χ1v) is 14.5. The predicted octanol–water partition coefficient (Wildman–Crippen LogP) is 6.03. The summed E-state index contributed by atoms with van der Waals surface area (Å²) in [6.45, 7) is 10.8. The molecule has 41 heavy (non-hydrogen) atoms. The smallest absolute Gasteiger partial charge is 0.331 e. The van der Waals surface area contributed by atoms with E-state index in [4.69, 9.17) is 14.2 Å². The van der Waals surface area contributed by atoms with E-state index >= 15 is 0 Å². The molecular formula is C34H42O7. The Morgan fingerprint density at radius 1 is 1.02 bits per heavy atom. The highest BCUT2D eigenvalue weighted by Crippen LogP contribution is 2.62. The molecule has 2 saturated carbocycles. The number of benzene rings is 1. The van der Waals surface area contributed by atoms with Crippen molar-refractivity contribution in [3.8, 4) is 0 Å². The van der Waals surface area contributed by atoms with Crippen LogP contribution in [-0.2, 0) is 33.4 Å². The summed E-state index contributed by atoms with van der Waals surface area (Å²) in [5.74, 6) is -2.16. The number of rotatable bonds is 6.